The van der Waals surface area contributed by atoms with Crippen LogP contribution in [-0.4, -0.2) is 84.6 Å². The molecule has 0 aromatic heterocycles. The van der Waals surface area contributed by atoms with Gasteiger partial charge in [-0.05, 0) is 30.5 Å². The molecule has 8 nitrogen and oxygen atoms in total. The van der Waals surface area contributed by atoms with Crippen molar-refractivity contribution in [1.29, 1.82) is 0 Å². The van der Waals surface area contributed by atoms with Crippen LogP contribution in [0, 0.1) is 0 Å². The first-order valence-corrected chi connectivity index (χ1v) is 11.6. The van der Waals surface area contributed by atoms with Crippen molar-refractivity contribution in [2.75, 3.05) is 44.7 Å². The Bertz CT molecular complexity index is 1020. The van der Waals surface area contributed by atoms with Gasteiger partial charge in [0.15, 0.2) is 18.2 Å². The van der Waals surface area contributed by atoms with Gasteiger partial charge < -0.3 is 19.6 Å². The topological polar surface area (TPSA) is 71.5 Å². The molecular formula is C25H30N6O2. The van der Waals surface area contributed by atoms with Crippen LogP contribution < -0.4 is 10.2 Å². The number of guanidine groups is 1. The minimum Gasteiger partial charge on any atom is -0.368 e. The van der Waals surface area contributed by atoms with Crippen LogP contribution in [0.2, 0.25) is 0 Å². The first kappa shape index (κ1) is 21.3. The Morgan fingerprint density at radius 1 is 0.909 bits per heavy atom. The average molecular weight is 447 g/mol. The molecule has 172 valence electrons. The third kappa shape index (κ3) is 4.25. The predicted octanol–water partition coefficient (Wildman–Crippen LogP) is 1.99. The van der Waals surface area contributed by atoms with Crippen LogP contribution in [0.15, 0.2) is 65.7 Å². The largest absolute Gasteiger partial charge is 0.368 e. The summed E-state index contributed by atoms with van der Waals surface area (Å²) in [5.74, 6) is 0.576. The lowest BCUT2D eigenvalue weighted by Gasteiger charge is -2.41. The summed E-state index contributed by atoms with van der Waals surface area (Å²) < 4.78 is 0. The van der Waals surface area contributed by atoms with Gasteiger partial charge in [-0.3, -0.25) is 10.1 Å². The summed E-state index contributed by atoms with van der Waals surface area (Å²) in [5.41, 5.74) is 2.51. The van der Waals surface area contributed by atoms with Crippen LogP contribution in [0.5, 0.6) is 0 Å². The second-order valence-electron chi connectivity index (χ2n) is 8.79. The molecule has 3 amide bonds. The number of nitrogens with one attached hydrogen (secondary N) is 1. The third-order valence-electron chi connectivity index (χ3n) is 6.73. The molecule has 0 saturated carbocycles. The van der Waals surface area contributed by atoms with E-state index < -0.39 is 12.2 Å². The fraction of sp³-hybridized carbons (Fsp3) is 0.400. The molecule has 2 fully saturated rings. The molecule has 0 bridgehead atoms. The van der Waals surface area contributed by atoms with E-state index in [0.29, 0.717) is 6.54 Å². The molecule has 0 radical (unpaired) electrons. The van der Waals surface area contributed by atoms with Gasteiger partial charge in [0, 0.05) is 45.5 Å². The van der Waals surface area contributed by atoms with Gasteiger partial charge in [0.1, 0.15) is 0 Å². The van der Waals surface area contributed by atoms with Crippen molar-refractivity contribution in [3.63, 3.8) is 0 Å². The highest BCUT2D eigenvalue weighted by Gasteiger charge is 2.49. The maximum absolute atomic E-state index is 12.8. The van der Waals surface area contributed by atoms with Gasteiger partial charge in [-0.15, -0.1) is 0 Å². The summed E-state index contributed by atoms with van der Waals surface area (Å²) in [6, 6.07) is 19.9. The Hall–Kier alpha value is -3.55. The number of amides is 3. The fourth-order valence-corrected chi connectivity index (χ4v) is 4.92. The average Bonchev–Trinajstić information content (AvgIpc) is 3.24. The van der Waals surface area contributed by atoms with E-state index in [1.54, 1.807) is 11.9 Å². The molecule has 0 aliphatic carbocycles. The highest BCUT2D eigenvalue weighted by Crippen LogP contribution is 2.27. The van der Waals surface area contributed by atoms with Crippen LogP contribution in [-0.2, 0) is 11.2 Å². The summed E-state index contributed by atoms with van der Waals surface area (Å²) in [6.45, 7) is 4.13. The number of aliphatic imine (C=N–C) groups is 1. The Labute approximate surface area is 194 Å². The molecule has 8 heteroatoms. The smallest absolute Gasteiger partial charge is 0.325 e. The van der Waals surface area contributed by atoms with Crippen LogP contribution in [0.3, 0.4) is 0 Å². The molecule has 2 aromatic carbocycles. The first-order valence-electron chi connectivity index (χ1n) is 11.6. The van der Waals surface area contributed by atoms with Gasteiger partial charge in [0.25, 0.3) is 5.91 Å². The van der Waals surface area contributed by atoms with E-state index in [4.69, 9.17) is 4.99 Å². The molecule has 2 aromatic rings. The maximum Gasteiger partial charge on any atom is 0.325 e. The minimum absolute atomic E-state index is 0.260. The number of piperazine rings is 1. The molecule has 3 aliphatic rings. The molecule has 3 heterocycles. The van der Waals surface area contributed by atoms with Gasteiger partial charge in [-0.1, -0.05) is 48.5 Å². The number of aryl methyl sites for hydroxylation is 1. The Kier molecular flexibility index (Phi) is 5.90. The molecule has 2 saturated heterocycles. The van der Waals surface area contributed by atoms with Gasteiger partial charge in [0.2, 0.25) is 0 Å². The lowest BCUT2D eigenvalue weighted by atomic mass is 10.1. The van der Waals surface area contributed by atoms with Gasteiger partial charge in [-0.2, -0.15) is 0 Å². The summed E-state index contributed by atoms with van der Waals surface area (Å²) in [6.07, 6.45) is 1.35. The van der Waals surface area contributed by atoms with E-state index in [9.17, 15) is 9.59 Å². The number of para-hydroxylation sites is 1. The predicted molar refractivity (Wildman–Crippen MR) is 128 cm³/mol. The zero-order valence-electron chi connectivity index (χ0n) is 18.9. The SMILES string of the molecule is CN1C(=O)NC(=O)C2C1N=C(N1CCN(c3ccccc3)CC1)N2CCCc1ccccc1. The second kappa shape index (κ2) is 9.13. The number of benzene rings is 2. The molecule has 0 spiro atoms. The van der Waals surface area contributed by atoms with E-state index in [1.165, 1.54) is 11.3 Å². The standard InChI is InChI=1S/C25H30N6O2/c1-28-22-21(23(32)27-25(28)33)31(14-8-11-19-9-4-2-5-10-19)24(26-22)30-17-15-29(16-18-30)20-12-6-3-7-13-20/h2-7,9-10,12-13,21-22H,8,11,14-18H2,1H3,(H,27,32,33). The monoisotopic (exact) mass is 446 g/mol. The van der Waals surface area contributed by atoms with Crippen LogP contribution in [0.4, 0.5) is 10.5 Å². The van der Waals surface area contributed by atoms with E-state index in [2.05, 4.69) is 68.5 Å². The van der Waals surface area contributed by atoms with Crippen molar-refractivity contribution in [3.05, 3.63) is 66.2 Å². The Balaban J connectivity index is 1.32. The van der Waals surface area contributed by atoms with E-state index >= 15 is 0 Å². The number of urea groups is 1. The summed E-state index contributed by atoms with van der Waals surface area (Å²) >= 11 is 0. The number of imide groups is 1. The zero-order valence-corrected chi connectivity index (χ0v) is 18.9. The minimum atomic E-state index is -0.481. The van der Waals surface area contributed by atoms with E-state index in [0.717, 1.165) is 45.0 Å². The number of hydrogen-bond donors (Lipinski definition) is 1. The quantitative estimate of drug-likeness (QED) is 0.761. The summed E-state index contributed by atoms with van der Waals surface area (Å²) in [5, 5.41) is 2.50. The molecule has 2 atom stereocenters. The third-order valence-corrected chi connectivity index (χ3v) is 6.73. The van der Waals surface area contributed by atoms with Crippen molar-refractivity contribution in [2.24, 2.45) is 4.99 Å². The van der Waals surface area contributed by atoms with Gasteiger partial charge >= 0.3 is 6.03 Å². The normalized spacial score (nSPS) is 22.9. The highest BCUT2D eigenvalue weighted by molar-refractivity contribution is 6.03. The summed E-state index contributed by atoms with van der Waals surface area (Å²) in [4.78, 5) is 38.3. The van der Waals surface area contributed by atoms with Gasteiger partial charge in [-0.25, -0.2) is 9.79 Å². The number of anilines is 1. The molecule has 5 rings (SSSR count). The lowest BCUT2D eigenvalue weighted by Crippen LogP contribution is -2.64. The molecule has 3 aliphatic heterocycles. The number of carbonyl (C=O) groups is 2. The van der Waals surface area contributed by atoms with Crippen LogP contribution in [0.1, 0.15) is 12.0 Å². The van der Waals surface area contributed by atoms with Gasteiger partial charge in [0.05, 0.1) is 0 Å². The molecular weight excluding hydrogens is 416 g/mol. The Morgan fingerprint density at radius 3 is 2.24 bits per heavy atom. The van der Waals surface area contributed by atoms with Crippen molar-refractivity contribution in [3.8, 4) is 0 Å². The summed E-state index contributed by atoms with van der Waals surface area (Å²) in [7, 11) is 1.71. The van der Waals surface area contributed by atoms with Crippen molar-refractivity contribution < 1.29 is 9.59 Å². The van der Waals surface area contributed by atoms with E-state index in [1.807, 2.05) is 12.1 Å². The molecule has 2 unspecified atom stereocenters. The highest BCUT2D eigenvalue weighted by atomic mass is 16.2. The van der Waals surface area contributed by atoms with Crippen molar-refractivity contribution in [2.45, 2.75) is 25.0 Å². The zero-order chi connectivity index (χ0) is 22.8. The fourth-order valence-electron chi connectivity index (χ4n) is 4.92. The number of hydrogen-bond acceptors (Lipinski definition) is 6. The van der Waals surface area contributed by atoms with Crippen molar-refractivity contribution >= 4 is 23.6 Å². The molecule has 33 heavy (non-hydrogen) atoms. The first-order chi connectivity index (χ1) is 16.1. The maximum atomic E-state index is 12.8. The van der Waals surface area contributed by atoms with Crippen molar-refractivity contribution in [1.82, 2.24) is 20.0 Å². The number of nitrogens with zero attached hydrogens (tertiary/aromatic N) is 5. The van der Waals surface area contributed by atoms with Crippen LogP contribution >= 0.6 is 0 Å². The number of carbonyl (C=O) groups excluding carboxylic acids is 2. The molecule has 1 N–H and O–H groups in total. The second-order valence-corrected chi connectivity index (χ2v) is 8.79. The lowest BCUT2D eigenvalue weighted by molar-refractivity contribution is -0.127. The number of fused-ring (bicyclic) bond motifs is 1. The Morgan fingerprint density at radius 2 is 1.55 bits per heavy atom. The van der Waals surface area contributed by atoms with Crippen LogP contribution in [0.25, 0.3) is 0 Å². The van der Waals surface area contributed by atoms with E-state index in [-0.39, 0.29) is 11.9 Å². The number of likely N-dealkylation sites (N-methyl/N-ethyl adjacent to an activating group) is 1. The number of rotatable bonds is 5.